The summed E-state index contributed by atoms with van der Waals surface area (Å²) in [5.74, 6) is 0.970. The van der Waals surface area contributed by atoms with Crippen LogP contribution in [-0.4, -0.2) is 24.5 Å². The Bertz CT molecular complexity index is 723. The van der Waals surface area contributed by atoms with Crippen molar-refractivity contribution < 1.29 is 9.53 Å². The first-order valence-corrected chi connectivity index (χ1v) is 7.33. The van der Waals surface area contributed by atoms with Gasteiger partial charge in [-0.25, -0.2) is 0 Å². The number of benzene rings is 2. The maximum atomic E-state index is 12.7. The van der Waals surface area contributed by atoms with Crippen LogP contribution in [-0.2, 0) is 12.8 Å². The van der Waals surface area contributed by atoms with Gasteiger partial charge < -0.3 is 9.64 Å². The van der Waals surface area contributed by atoms with Crippen molar-refractivity contribution in [3.63, 3.8) is 0 Å². The van der Waals surface area contributed by atoms with Crippen molar-refractivity contribution in [2.75, 3.05) is 13.7 Å². The number of nitrogens with zero attached hydrogens (tertiary/aromatic N) is 1. The summed E-state index contributed by atoms with van der Waals surface area (Å²) in [5, 5.41) is 0. The molecule has 106 valence electrons. The van der Waals surface area contributed by atoms with Crippen LogP contribution in [0, 0.1) is 0 Å². The molecule has 0 spiro atoms. The van der Waals surface area contributed by atoms with Crippen molar-refractivity contribution in [2.45, 2.75) is 18.9 Å². The predicted molar refractivity (Wildman–Crippen MR) is 80.6 cm³/mol. The first kappa shape index (κ1) is 12.5. The monoisotopic (exact) mass is 279 g/mol. The normalized spacial score (nSPS) is 19.6. The van der Waals surface area contributed by atoms with Gasteiger partial charge in [0.15, 0.2) is 0 Å². The number of carbonyl (C=O) groups excluding carboxylic acids is 1. The maximum Gasteiger partial charge on any atom is 0.254 e. The van der Waals surface area contributed by atoms with Crippen molar-refractivity contribution >= 4 is 5.91 Å². The quantitative estimate of drug-likeness (QED) is 0.803. The molecule has 2 aliphatic rings. The van der Waals surface area contributed by atoms with Crippen LogP contribution in [0.4, 0.5) is 0 Å². The number of hydrogen-bond donors (Lipinski definition) is 0. The van der Waals surface area contributed by atoms with E-state index in [0.29, 0.717) is 0 Å². The zero-order valence-corrected chi connectivity index (χ0v) is 12.0. The molecule has 0 N–H and O–H groups in total. The largest absolute Gasteiger partial charge is 0.497 e. The van der Waals surface area contributed by atoms with E-state index in [2.05, 4.69) is 24.3 Å². The van der Waals surface area contributed by atoms with Crippen LogP contribution < -0.4 is 4.74 Å². The highest BCUT2D eigenvalue weighted by Gasteiger charge is 2.36. The number of fused-ring (bicyclic) bond motifs is 4. The number of methoxy groups -OCH3 is 1. The highest BCUT2D eigenvalue weighted by Crippen LogP contribution is 2.38. The average Bonchev–Trinajstić information content (AvgIpc) is 2.54. The molecule has 3 heteroatoms. The van der Waals surface area contributed by atoms with Gasteiger partial charge in [-0.05, 0) is 47.7 Å². The van der Waals surface area contributed by atoms with Gasteiger partial charge in [-0.2, -0.15) is 0 Å². The summed E-state index contributed by atoms with van der Waals surface area (Å²) < 4.78 is 5.30. The van der Waals surface area contributed by atoms with Crippen LogP contribution in [0.5, 0.6) is 5.75 Å². The second kappa shape index (κ2) is 4.62. The van der Waals surface area contributed by atoms with E-state index in [0.717, 1.165) is 36.3 Å². The number of rotatable bonds is 1. The summed E-state index contributed by atoms with van der Waals surface area (Å²) >= 11 is 0. The van der Waals surface area contributed by atoms with E-state index in [4.69, 9.17) is 4.74 Å². The molecule has 0 unspecified atom stereocenters. The third-order valence-corrected chi connectivity index (χ3v) is 4.63. The number of hydrogen-bond acceptors (Lipinski definition) is 2. The first-order valence-electron chi connectivity index (χ1n) is 7.33. The van der Waals surface area contributed by atoms with E-state index in [1.165, 1.54) is 11.1 Å². The summed E-state index contributed by atoms with van der Waals surface area (Å²) in [6, 6.07) is 14.4. The molecule has 2 heterocycles. The predicted octanol–water partition coefficient (Wildman–Crippen LogP) is 2.99. The maximum absolute atomic E-state index is 12.7. The average molecular weight is 279 g/mol. The highest BCUT2D eigenvalue weighted by molar-refractivity contribution is 5.97. The summed E-state index contributed by atoms with van der Waals surface area (Å²) in [6.07, 6.45) is 1.82. The van der Waals surface area contributed by atoms with Gasteiger partial charge in [0, 0.05) is 12.1 Å². The van der Waals surface area contributed by atoms with Crippen molar-refractivity contribution in [2.24, 2.45) is 0 Å². The molecule has 0 saturated heterocycles. The summed E-state index contributed by atoms with van der Waals surface area (Å²) in [5.41, 5.74) is 4.59. The molecule has 21 heavy (non-hydrogen) atoms. The van der Waals surface area contributed by atoms with E-state index >= 15 is 0 Å². The van der Waals surface area contributed by atoms with Crippen LogP contribution in [0.2, 0.25) is 0 Å². The summed E-state index contributed by atoms with van der Waals surface area (Å²) in [4.78, 5) is 14.8. The molecular formula is C18H17NO2. The van der Waals surface area contributed by atoms with Gasteiger partial charge in [0.05, 0.1) is 13.2 Å². The van der Waals surface area contributed by atoms with Gasteiger partial charge in [0.25, 0.3) is 5.91 Å². The van der Waals surface area contributed by atoms with Crippen LogP contribution >= 0.6 is 0 Å². The number of amides is 1. The lowest BCUT2D eigenvalue weighted by atomic mass is 9.84. The molecule has 0 bridgehead atoms. The molecule has 1 atom stereocenters. The third-order valence-electron chi connectivity index (χ3n) is 4.63. The van der Waals surface area contributed by atoms with Gasteiger partial charge in [-0.15, -0.1) is 0 Å². The lowest BCUT2D eigenvalue weighted by Gasteiger charge is -2.41. The van der Waals surface area contributed by atoms with Gasteiger partial charge in [-0.1, -0.05) is 24.3 Å². The zero-order chi connectivity index (χ0) is 14.4. The van der Waals surface area contributed by atoms with E-state index in [-0.39, 0.29) is 11.9 Å². The molecule has 0 aliphatic carbocycles. The van der Waals surface area contributed by atoms with Crippen LogP contribution in [0.15, 0.2) is 42.5 Å². The van der Waals surface area contributed by atoms with Crippen molar-refractivity contribution in [1.82, 2.24) is 4.90 Å². The molecule has 2 aromatic carbocycles. The number of ether oxygens (including phenoxy) is 1. The Morgan fingerprint density at radius 1 is 1.14 bits per heavy atom. The fourth-order valence-electron chi connectivity index (χ4n) is 3.55. The molecule has 1 amide bonds. The minimum Gasteiger partial charge on any atom is -0.497 e. The molecular weight excluding hydrogens is 262 g/mol. The SMILES string of the molecule is COc1ccc2c(c1)C[C@H]1c3ccccc3CCN1C2=O. The molecule has 0 fully saturated rings. The zero-order valence-electron chi connectivity index (χ0n) is 12.0. The summed E-state index contributed by atoms with van der Waals surface area (Å²) in [6.45, 7) is 0.811. The Morgan fingerprint density at radius 2 is 2.00 bits per heavy atom. The minimum absolute atomic E-state index is 0.151. The summed E-state index contributed by atoms with van der Waals surface area (Å²) in [7, 11) is 1.66. The standard InChI is InChI=1S/C18H17NO2/c1-21-14-6-7-16-13(10-14)11-17-15-5-3-2-4-12(15)8-9-19(17)18(16)20/h2-7,10,17H,8-9,11H2,1H3/t17-/m0/s1. The smallest absolute Gasteiger partial charge is 0.254 e. The molecule has 0 saturated carbocycles. The van der Waals surface area contributed by atoms with Gasteiger partial charge in [0.1, 0.15) is 5.75 Å². The van der Waals surface area contributed by atoms with E-state index in [1.54, 1.807) is 7.11 Å². The Kier molecular flexibility index (Phi) is 2.74. The Labute approximate surface area is 124 Å². The topological polar surface area (TPSA) is 29.5 Å². The van der Waals surface area contributed by atoms with Crippen molar-refractivity contribution in [3.8, 4) is 5.75 Å². The number of carbonyl (C=O) groups is 1. The second-order valence-electron chi connectivity index (χ2n) is 5.69. The van der Waals surface area contributed by atoms with Crippen molar-refractivity contribution in [1.29, 1.82) is 0 Å². The van der Waals surface area contributed by atoms with E-state index in [1.807, 2.05) is 23.1 Å². The Balaban J connectivity index is 1.82. The Hall–Kier alpha value is -2.29. The molecule has 0 aromatic heterocycles. The van der Waals surface area contributed by atoms with Crippen LogP contribution in [0.1, 0.15) is 33.1 Å². The van der Waals surface area contributed by atoms with Crippen LogP contribution in [0.3, 0.4) is 0 Å². The molecule has 2 aromatic rings. The first-order chi connectivity index (χ1) is 10.3. The molecule has 2 aliphatic heterocycles. The molecule has 4 rings (SSSR count). The fraction of sp³-hybridized carbons (Fsp3) is 0.278. The Morgan fingerprint density at radius 3 is 2.86 bits per heavy atom. The lowest BCUT2D eigenvalue weighted by molar-refractivity contribution is 0.0632. The lowest BCUT2D eigenvalue weighted by Crippen LogP contribution is -2.44. The van der Waals surface area contributed by atoms with Crippen molar-refractivity contribution in [3.05, 3.63) is 64.7 Å². The minimum atomic E-state index is 0.151. The van der Waals surface area contributed by atoms with E-state index in [9.17, 15) is 4.79 Å². The van der Waals surface area contributed by atoms with E-state index < -0.39 is 0 Å². The third kappa shape index (κ3) is 1.84. The fourth-order valence-corrected chi connectivity index (χ4v) is 3.55. The molecule has 0 radical (unpaired) electrons. The highest BCUT2D eigenvalue weighted by atomic mass is 16.5. The van der Waals surface area contributed by atoms with Crippen LogP contribution in [0.25, 0.3) is 0 Å². The van der Waals surface area contributed by atoms with Gasteiger partial charge in [-0.3, -0.25) is 4.79 Å². The second-order valence-corrected chi connectivity index (χ2v) is 5.69. The van der Waals surface area contributed by atoms with Gasteiger partial charge >= 0.3 is 0 Å². The van der Waals surface area contributed by atoms with Gasteiger partial charge in [0.2, 0.25) is 0 Å². The molecule has 3 nitrogen and oxygen atoms in total.